The van der Waals surface area contributed by atoms with Crippen molar-refractivity contribution in [3.8, 4) is 5.75 Å². The number of anilines is 2. The molecule has 0 aromatic heterocycles. The van der Waals surface area contributed by atoms with Gasteiger partial charge >= 0.3 is 0 Å². The number of nitrogens with one attached hydrogen (secondary N) is 1. The molecule has 4 nitrogen and oxygen atoms in total. The van der Waals surface area contributed by atoms with Gasteiger partial charge in [0.1, 0.15) is 5.75 Å². The summed E-state index contributed by atoms with van der Waals surface area (Å²) in [7, 11) is 1.76. The van der Waals surface area contributed by atoms with Crippen molar-refractivity contribution < 1.29 is 9.47 Å². The van der Waals surface area contributed by atoms with Crippen LogP contribution in [0.2, 0.25) is 0 Å². The normalized spacial score (nSPS) is 22.3. The molecule has 0 heterocycles. The predicted octanol–water partition coefficient (Wildman–Crippen LogP) is 2.65. The van der Waals surface area contributed by atoms with Crippen LogP contribution in [0.4, 0.5) is 11.4 Å². The molecule has 0 bridgehead atoms. The van der Waals surface area contributed by atoms with Crippen molar-refractivity contribution in [2.75, 3.05) is 24.8 Å². The Labute approximate surface area is 108 Å². The van der Waals surface area contributed by atoms with Gasteiger partial charge in [0.25, 0.3) is 0 Å². The summed E-state index contributed by atoms with van der Waals surface area (Å²) >= 11 is 0. The van der Waals surface area contributed by atoms with Crippen molar-refractivity contribution in [2.24, 2.45) is 0 Å². The van der Waals surface area contributed by atoms with Gasteiger partial charge in [0.05, 0.1) is 12.7 Å². The van der Waals surface area contributed by atoms with Gasteiger partial charge in [-0.2, -0.15) is 0 Å². The van der Waals surface area contributed by atoms with E-state index in [1.54, 1.807) is 7.11 Å². The highest BCUT2D eigenvalue weighted by Gasteiger charge is 2.28. The molecule has 0 radical (unpaired) electrons. The monoisotopic (exact) mass is 250 g/mol. The molecule has 4 heteroatoms. The number of ether oxygens (including phenoxy) is 2. The average Bonchev–Trinajstić information content (AvgIpc) is 2.30. The van der Waals surface area contributed by atoms with E-state index >= 15 is 0 Å². The molecule has 1 aromatic carbocycles. The highest BCUT2D eigenvalue weighted by Crippen LogP contribution is 2.29. The molecule has 1 fully saturated rings. The van der Waals surface area contributed by atoms with Gasteiger partial charge in [0.2, 0.25) is 0 Å². The summed E-state index contributed by atoms with van der Waals surface area (Å²) in [5.41, 5.74) is 7.63. The quantitative estimate of drug-likeness (QED) is 0.762. The highest BCUT2D eigenvalue weighted by atomic mass is 16.5. The zero-order chi connectivity index (χ0) is 13.0. The van der Waals surface area contributed by atoms with E-state index in [1.807, 2.05) is 18.2 Å². The van der Waals surface area contributed by atoms with E-state index in [-0.39, 0.29) is 0 Å². The molecule has 100 valence electrons. The van der Waals surface area contributed by atoms with Gasteiger partial charge < -0.3 is 20.5 Å². The second-order valence-electron chi connectivity index (χ2n) is 4.81. The summed E-state index contributed by atoms with van der Waals surface area (Å²) < 4.78 is 10.9. The predicted molar refractivity (Wildman–Crippen MR) is 74.1 cm³/mol. The van der Waals surface area contributed by atoms with Crippen LogP contribution in [0.3, 0.4) is 0 Å². The Balaban J connectivity index is 1.93. The Morgan fingerprint density at radius 1 is 1.33 bits per heavy atom. The fraction of sp³-hybridized carbons (Fsp3) is 0.571. The minimum absolute atomic E-state index is 0.402. The summed E-state index contributed by atoms with van der Waals surface area (Å²) in [6.45, 7) is 2.81. The first-order chi connectivity index (χ1) is 8.71. The van der Waals surface area contributed by atoms with E-state index in [0.717, 1.165) is 43.0 Å². The Kier molecular flexibility index (Phi) is 4.31. The highest BCUT2D eigenvalue weighted by molar-refractivity contribution is 5.59. The molecule has 0 amide bonds. The van der Waals surface area contributed by atoms with E-state index in [2.05, 4.69) is 12.2 Å². The number of hydrogen-bond acceptors (Lipinski definition) is 4. The molecular formula is C14H22N2O2. The lowest BCUT2D eigenvalue weighted by Gasteiger charge is -2.35. The Morgan fingerprint density at radius 3 is 2.78 bits per heavy atom. The van der Waals surface area contributed by atoms with Crippen LogP contribution in [0.1, 0.15) is 26.2 Å². The minimum atomic E-state index is 0.402. The third kappa shape index (κ3) is 3.29. The summed E-state index contributed by atoms with van der Waals surface area (Å²) in [4.78, 5) is 0. The lowest BCUT2D eigenvalue weighted by molar-refractivity contribution is 0.0329. The molecular weight excluding hydrogens is 228 g/mol. The van der Waals surface area contributed by atoms with Gasteiger partial charge in [-0.1, -0.05) is 6.92 Å². The molecule has 0 saturated heterocycles. The largest absolute Gasteiger partial charge is 0.493 e. The number of benzene rings is 1. The topological polar surface area (TPSA) is 56.5 Å². The summed E-state index contributed by atoms with van der Waals surface area (Å²) in [5.74, 6) is 0.835. The second kappa shape index (κ2) is 5.96. The van der Waals surface area contributed by atoms with Gasteiger partial charge in [-0.3, -0.25) is 0 Å². The van der Waals surface area contributed by atoms with Crippen LogP contribution in [-0.2, 0) is 4.74 Å². The summed E-state index contributed by atoms with van der Waals surface area (Å²) in [6, 6.07) is 6.29. The Hall–Kier alpha value is -1.42. The van der Waals surface area contributed by atoms with Crippen molar-refractivity contribution >= 4 is 11.4 Å². The SMILES string of the molecule is CCCOc1cc(N)cc(NC2CC(OC)C2)c1. The molecule has 1 aromatic rings. The van der Waals surface area contributed by atoms with E-state index in [1.165, 1.54) is 0 Å². The molecule has 0 aliphatic heterocycles. The van der Waals surface area contributed by atoms with Crippen LogP contribution in [0.25, 0.3) is 0 Å². The van der Waals surface area contributed by atoms with Gasteiger partial charge in [-0.25, -0.2) is 0 Å². The third-order valence-electron chi connectivity index (χ3n) is 3.20. The Morgan fingerprint density at radius 2 is 2.11 bits per heavy atom. The number of methoxy groups -OCH3 is 1. The van der Waals surface area contributed by atoms with Crippen molar-refractivity contribution in [1.29, 1.82) is 0 Å². The third-order valence-corrected chi connectivity index (χ3v) is 3.20. The van der Waals surface area contributed by atoms with Crippen molar-refractivity contribution in [2.45, 2.75) is 38.3 Å². The van der Waals surface area contributed by atoms with Crippen LogP contribution >= 0.6 is 0 Å². The summed E-state index contributed by atoms with van der Waals surface area (Å²) in [5, 5.41) is 3.46. The van der Waals surface area contributed by atoms with E-state index in [9.17, 15) is 0 Å². The number of nitrogens with two attached hydrogens (primary N) is 1. The van der Waals surface area contributed by atoms with Crippen molar-refractivity contribution in [1.82, 2.24) is 0 Å². The van der Waals surface area contributed by atoms with Crippen LogP contribution in [-0.4, -0.2) is 25.9 Å². The maximum absolute atomic E-state index is 5.88. The molecule has 0 atom stereocenters. The number of rotatable bonds is 6. The van der Waals surface area contributed by atoms with Crippen LogP contribution in [0.15, 0.2) is 18.2 Å². The number of nitrogen functional groups attached to an aromatic ring is 1. The van der Waals surface area contributed by atoms with Gasteiger partial charge in [0, 0.05) is 36.7 Å². The molecule has 0 spiro atoms. The molecule has 1 saturated carbocycles. The van der Waals surface area contributed by atoms with Crippen LogP contribution in [0.5, 0.6) is 5.75 Å². The standard InChI is InChI=1S/C14H22N2O2/c1-3-4-18-14-6-10(15)5-11(9-14)16-12-7-13(8-12)17-2/h5-6,9,12-13,16H,3-4,7-8,15H2,1-2H3. The molecule has 3 N–H and O–H groups in total. The van der Waals surface area contributed by atoms with E-state index in [0.29, 0.717) is 12.1 Å². The Bertz CT molecular complexity index is 389. The van der Waals surface area contributed by atoms with Gasteiger partial charge in [-0.05, 0) is 25.3 Å². The fourth-order valence-corrected chi connectivity index (χ4v) is 2.12. The lowest BCUT2D eigenvalue weighted by Crippen LogP contribution is -2.40. The number of hydrogen-bond donors (Lipinski definition) is 2. The smallest absolute Gasteiger partial charge is 0.123 e. The fourth-order valence-electron chi connectivity index (χ4n) is 2.12. The zero-order valence-corrected chi connectivity index (χ0v) is 11.1. The minimum Gasteiger partial charge on any atom is -0.493 e. The van der Waals surface area contributed by atoms with Crippen molar-refractivity contribution in [3.63, 3.8) is 0 Å². The first kappa shape index (κ1) is 13.0. The first-order valence-corrected chi connectivity index (χ1v) is 6.54. The summed E-state index contributed by atoms with van der Waals surface area (Å²) in [6.07, 6.45) is 3.50. The van der Waals surface area contributed by atoms with Gasteiger partial charge in [0.15, 0.2) is 0 Å². The lowest BCUT2D eigenvalue weighted by atomic mass is 9.89. The zero-order valence-electron chi connectivity index (χ0n) is 11.1. The molecule has 18 heavy (non-hydrogen) atoms. The van der Waals surface area contributed by atoms with E-state index < -0.39 is 0 Å². The molecule has 1 aliphatic carbocycles. The molecule has 0 unspecified atom stereocenters. The van der Waals surface area contributed by atoms with Crippen molar-refractivity contribution in [3.05, 3.63) is 18.2 Å². The van der Waals surface area contributed by atoms with Crippen LogP contribution in [0, 0.1) is 0 Å². The van der Waals surface area contributed by atoms with Gasteiger partial charge in [-0.15, -0.1) is 0 Å². The van der Waals surface area contributed by atoms with Crippen LogP contribution < -0.4 is 15.8 Å². The van der Waals surface area contributed by atoms with E-state index in [4.69, 9.17) is 15.2 Å². The molecule has 1 aliphatic rings. The average molecular weight is 250 g/mol. The first-order valence-electron chi connectivity index (χ1n) is 6.54. The molecule has 2 rings (SSSR count). The maximum Gasteiger partial charge on any atom is 0.123 e. The maximum atomic E-state index is 5.88. The second-order valence-corrected chi connectivity index (χ2v) is 4.81.